The van der Waals surface area contributed by atoms with E-state index in [0.29, 0.717) is 6.54 Å². The van der Waals surface area contributed by atoms with Crippen LogP contribution in [0.5, 0.6) is 0 Å². The Morgan fingerprint density at radius 1 is 1.26 bits per heavy atom. The first kappa shape index (κ1) is 17.5. The number of piperidine rings is 1. The van der Waals surface area contributed by atoms with Gasteiger partial charge in [0.05, 0.1) is 6.54 Å². The fourth-order valence-electron chi connectivity index (χ4n) is 2.84. The van der Waals surface area contributed by atoms with E-state index < -0.39 is 0 Å². The molecule has 0 spiro atoms. The summed E-state index contributed by atoms with van der Waals surface area (Å²) in [6.45, 7) is 3.23. The van der Waals surface area contributed by atoms with Gasteiger partial charge in [-0.15, -0.1) is 12.4 Å². The van der Waals surface area contributed by atoms with Gasteiger partial charge >= 0.3 is 0 Å². The quantitative estimate of drug-likeness (QED) is 0.879. The number of hydrogen-bond donors (Lipinski definition) is 2. The van der Waals surface area contributed by atoms with Crippen LogP contribution in [0.25, 0.3) is 0 Å². The summed E-state index contributed by atoms with van der Waals surface area (Å²) in [5.74, 6) is 0.340. The highest BCUT2D eigenvalue weighted by Gasteiger charge is 2.20. The summed E-state index contributed by atoms with van der Waals surface area (Å²) in [5.41, 5.74) is 2.32. The van der Waals surface area contributed by atoms with E-state index in [1.165, 1.54) is 5.56 Å². The maximum absolute atomic E-state index is 12.2. The zero-order valence-electron chi connectivity index (χ0n) is 13.1. The minimum Gasteiger partial charge on any atom is -0.352 e. The highest BCUT2D eigenvalue weighted by Crippen LogP contribution is 2.12. The zero-order chi connectivity index (χ0) is 15.2. The van der Waals surface area contributed by atoms with Crippen LogP contribution in [0.1, 0.15) is 24.0 Å². The van der Waals surface area contributed by atoms with Crippen LogP contribution in [0.15, 0.2) is 42.7 Å². The molecule has 1 fully saturated rings. The van der Waals surface area contributed by atoms with Crippen LogP contribution < -0.4 is 10.6 Å². The van der Waals surface area contributed by atoms with E-state index in [9.17, 15) is 4.79 Å². The Morgan fingerprint density at radius 3 is 2.78 bits per heavy atom. The molecule has 1 saturated heterocycles. The van der Waals surface area contributed by atoms with Crippen molar-refractivity contribution in [3.05, 3.63) is 53.9 Å². The fraction of sp³-hybridized carbons (Fsp3) is 0.412. The third kappa shape index (κ3) is 5.08. The third-order valence-corrected chi connectivity index (χ3v) is 4.07. The van der Waals surface area contributed by atoms with Gasteiger partial charge in [0.15, 0.2) is 0 Å². The smallest absolute Gasteiger partial charge is 0.223 e. The predicted octanol–water partition coefficient (Wildman–Crippen LogP) is 1.97. The highest BCUT2D eigenvalue weighted by atomic mass is 35.5. The molecule has 2 heterocycles. The lowest BCUT2D eigenvalue weighted by molar-refractivity contribution is -0.125. The van der Waals surface area contributed by atoms with E-state index in [1.54, 1.807) is 6.20 Å². The van der Waals surface area contributed by atoms with Gasteiger partial charge in [0.2, 0.25) is 5.91 Å². The highest BCUT2D eigenvalue weighted by molar-refractivity contribution is 5.85. The second kappa shape index (κ2) is 8.70. The summed E-state index contributed by atoms with van der Waals surface area (Å²) in [5, 5.41) is 10.6. The second-order valence-corrected chi connectivity index (χ2v) is 5.77. The first-order chi connectivity index (χ1) is 10.8. The lowest BCUT2D eigenvalue weighted by Crippen LogP contribution is -2.37. The second-order valence-electron chi connectivity index (χ2n) is 5.77. The van der Waals surface area contributed by atoms with E-state index in [0.717, 1.165) is 38.0 Å². The Balaban J connectivity index is 0.00000192. The van der Waals surface area contributed by atoms with Crippen molar-refractivity contribution < 1.29 is 4.79 Å². The van der Waals surface area contributed by atoms with Crippen molar-refractivity contribution in [2.75, 3.05) is 13.1 Å². The predicted molar refractivity (Wildman–Crippen MR) is 92.5 cm³/mol. The number of nitrogens with one attached hydrogen (secondary N) is 2. The summed E-state index contributed by atoms with van der Waals surface area (Å²) in [6, 6.07) is 10.2. The molecule has 2 aromatic rings. The summed E-state index contributed by atoms with van der Waals surface area (Å²) in [6.07, 6.45) is 5.60. The maximum atomic E-state index is 12.2. The molecule has 0 bridgehead atoms. The van der Waals surface area contributed by atoms with Gasteiger partial charge in [-0.2, -0.15) is 5.10 Å². The molecule has 0 radical (unpaired) electrons. The Hall–Kier alpha value is -1.85. The Kier molecular flexibility index (Phi) is 6.62. The van der Waals surface area contributed by atoms with E-state index >= 15 is 0 Å². The first-order valence-corrected chi connectivity index (χ1v) is 7.85. The van der Waals surface area contributed by atoms with Crippen LogP contribution in [-0.4, -0.2) is 28.8 Å². The van der Waals surface area contributed by atoms with E-state index in [2.05, 4.69) is 33.9 Å². The molecule has 1 aromatic carbocycles. The monoisotopic (exact) mass is 334 g/mol. The normalized spacial score (nSPS) is 15.0. The molecule has 5 nitrogen and oxygen atoms in total. The van der Waals surface area contributed by atoms with Crippen molar-refractivity contribution in [2.45, 2.75) is 25.9 Å². The van der Waals surface area contributed by atoms with Gasteiger partial charge in [-0.3, -0.25) is 9.48 Å². The maximum Gasteiger partial charge on any atom is 0.223 e. The van der Waals surface area contributed by atoms with Crippen molar-refractivity contribution in [2.24, 2.45) is 5.92 Å². The summed E-state index contributed by atoms with van der Waals surface area (Å²) < 4.78 is 1.90. The standard InChI is InChI=1S/C17H22N4O.ClH/c22-17(16-5-8-18-9-6-16)19-12-14-3-1-4-15(11-14)13-21-10-2-7-20-21;/h1-4,7,10-11,16,18H,5-6,8-9,12-13H2,(H,19,22);1H. The van der Waals surface area contributed by atoms with Crippen LogP contribution >= 0.6 is 12.4 Å². The molecule has 1 aliphatic rings. The molecule has 1 aliphatic heterocycles. The Morgan fingerprint density at radius 2 is 2.04 bits per heavy atom. The van der Waals surface area contributed by atoms with Gasteiger partial charge in [-0.1, -0.05) is 24.3 Å². The topological polar surface area (TPSA) is 59.0 Å². The zero-order valence-corrected chi connectivity index (χ0v) is 13.9. The van der Waals surface area contributed by atoms with Crippen LogP contribution in [0.2, 0.25) is 0 Å². The van der Waals surface area contributed by atoms with Crippen LogP contribution in [-0.2, 0) is 17.9 Å². The van der Waals surface area contributed by atoms with E-state index in [1.807, 2.05) is 23.0 Å². The minimum absolute atomic E-state index is 0. The number of amides is 1. The largest absolute Gasteiger partial charge is 0.352 e. The summed E-state index contributed by atoms with van der Waals surface area (Å²) in [4.78, 5) is 12.2. The van der Waals surface area contributed by atoms with Crippen molar-refractivity contribution in [3.8, 4) is 0 Å². The van der Waals surface area contributed by atoms with Crippen LogP contribution in [0, 0.1) is 5.92 Å². The van der Waals surface area contributed by atoms with E-state index in [4.69, 9.17) is 0 Å². The van der Waals surface area contributed by atoms with Gasteiger partial charge in [0.25, 0.3) is 0 Å². The molecule has 6 heteroatoms. The van der Waals surface area contributed by atoms with Crippen molar-refractivity contribution >= 4 is 18.3 Å². The lowest BCUT2D eigenvalue weighted by atomic mass is 9.97. The van der Waals surface area contributed by atoms with Gasteiger partial charge in [0.1, 0.15) is 0 Å². The molecule has 1 aromatic heterocycles. The van der Waals surface area contributed by atoms with Gasteiger partial charge in [0, 0.05) is 24.9 Å². The average Bonchev–Trinajstić information content (AvgIpc) is 3.07. The van der Waals surface area contributed by atoms with Crippen molar-refractivity contribution in [1.82, 2.24) is 20.4 Å². The fourth-order valence-corrected chi connectivity index (χ4v) is 2.84. The average molecular weight is 335 g/mol. The number of carbonyl (C=O) groups excluding carboxylic acids is 1. The number of halogens is 1. The first-order valence-electron chi connectivity index (χ1n) is 7.85. The molecular formula is C17H23ClN4O. The number of carbonyl (C=O) groups is 1. The number of aromatic nitrogens is 2. The molecule has 0 atom stereocenters. The molecule has 0 aliphatic carbocycles. The molecule has 23 heavy (non-hydrogen) atoms. The number of hydrogen-bond acceptors (Lipinski definition) is 3. The van der Waals surface area contributed by atoms with Gasteiger partial charge in [-0.25, -0.2) is 0 Å². The molecule has 3 rings (SSSR count). The molecule has 0 unspecified atom stereocenters. The lowest BCUT2D eigenvalue weighted by Gasteiger charge is -2.21. The van der Waals surface area contributed by atoms with Gasteiger partial charge < -0.3 is 10.6 Å². The van der Waals surface area contributed by atoms with Crippen molar-refractivity contribution in [3.63, 3.8) is 0 Å². The van der Waals surface area contributed by atoms with E-state index in [-0.39, 0.29) is 24.2 Å². The minimum atomic E-state index is 0. The molecule has 2 N–H and O–H groups in total. The summed E-state index contributed by atoms with van der Waals surface area (Å²) >= 11 is 0. The van der Waals surface area contributed by atoms with Crippen LogP contribution in [0.4, 0.5) is 0 Å². The Labute approximate surface area is 142 Å². The van der Waals surface area contributed by atoms with Crippen LogP contribution in [0.3, 0.4) is 0 Å². The molecule has 124 valence electrons. The van der Waals surface area contributed by atoms with Gasteiger partial charge in [-0.05, 0) is 43.1 Å². The molecular weight excluding hydrogens is 312 g/mol. The SMILES string of the molecule is Cl.O=C(NCc1cccc(Cn2cccn2)c1)C1CCNCC1. The number of nitrogens with zero attached hydrogens (tertiary/aromatic N) is 2. The Bertz CT molecular complexity index is 609. The molecule has 1 amide bonds. The number of benzene rings is 1. The third-order valence-electron chi connectivity index (χ3n) is 4.07. The van der Waals surface area contributed by atoms with Crippen molar-refractivity contribution in [1.29, 1.82) is 0 Å². The molecule has 0 saturated carbocycles. The summed E-state index contributed by atoms with van der Waals surface area (Å²) in [7, 11) is 0. The number of rotatable bonds is 5.